The zero-order valence-electron chi connectivity index (χ0n) is 18.3. The standard InChI is InChI=1S/C23H31N5O3/c1-4-24-23(27-15-14-25-21(30)19-10-5-6-11-20(19)29)26-13-12-17-8-7-9-18(16-17)22(31)28(2)3/h5-11,16,29H,4,12-15H2,1-3H3,(H,25,30)(H2,24,26,27). The first-order chi connectivity index (χ1) is 14.9. The van der Waals surface area contributed by atoms with Gasteiger partial charge in [0.2, 0.25) is 0 Å². The molecule has 31 heavy (non-hydrogen) atoms. The number of hydrogen-bond acceptors (Lipinski definition) is 4. The molecule has 2 aromatic carbocycles. The van der Waals surface area contributed by atoms with E-state index in [0.29, 0.717) is 44.1 Å². The van der Waals surface area contributed by atoms with Gasteiger partial charge in [0.15, 0.2) is 5.96 Å². The SMILES string of the molecule is CCNC(=NCCc1cccc(C(=O)N(C)C)c1)NCCNC(=O)c1ccccc1O. The number of nitrogens with one attached hydrogen (secondary N) is 3. The number of carbonyl (C=O) groups excluding carboxylic acids is 2. The topological polar surface area (TPSA) is 106 Å². The number of aliphatic imine (C=N–C) groups is 1. The maximum Gasteiger partial charge on any atom is 0.255 e. The molecule has 8 heteroatoms. The highest BCUT2D eigenvalue weighted by Gasteiger charge is 2.10. The molecule has 8 nitrogen and oxygen atoms in total. The Morgan fingerprint density at radius 3 is 2.45 bits per heavy atom. The van der Waals surface area contributed by atoms with Crippen molar-refractivity contribution in [2.45, 2.75) is 13.3 Å². The average Bonchev–Trinajstić information content (AvgIpc) is 2.76. The van der Waals surface area contributed by atoms with Gasteiger partial charge in [-0.25, -0.2) is 0 Å². The van der Waals surface area contributed by atoms with Crippen molar-refractivity contribution in [3.8, 4) is 5.75 Å². The van der Waals surface area contributed by atoms with Gasteiger partial charge in [-0.2, -0.15) is 0 Å². The lowest BCUT2D eigenvalue weighted by atomic mass is 10.1. The van der Waals surface area contributed by atoms with Crippen molar-refractivity contribution in [2.24, 2.45) is 4.99 Å². The zero-order chi connectivity index (χ0) is 22.6. The number of phenolic OH excluding ortho intramolecular Hbond substituents is 1. The summed E-state index contributed by atoms with van der Waals surface area (Å²) in [5.41, 5.74) is 1.96. The van der Waals surface area contributed by atoms with Gasteiger partial charge in [-0.15, -0.1) is 0 Å². The minimum absolute atomic E-state index is 0.0220. The predicted octanol–water partition coefficient (Wildman–Crippen LogP) is 1.62. The molecule has 2 amide bonds. The van der Waals surface area contributed by atoms with E-state index in [0.717, 1.165) is 5.56 Å². The third-order valence-corrected chi connectivity index (χ3v) is 4.45. The zero-order valence-corrected chi connectivity index (χ0v) is 18.3. The van der Waals surface area contributed by atoms with Crippen LogP contribution < -0.4 is 16.0 Å². The number of hydrogen-bond donors (Lipinski definition) is 4. The van der Waals surface area contributed by atoms with E-state index in [1.807, 2.05) is 31.2 Å². The maximum atomic E-state index is 12.1. The van der Waals surface area contributed by atoms with Gasteiger partial charge in [-0.3, -0.25) is 14.6 Å². The average molecular weight is 426 g/mol. The monoisotopic (exact) mass is 425 g/mol. The molecule has 0 bridgehead atoms. The van der Waals surface area contributed by atoms with Crippen LogP contribution in [-0.4, -0.2) is 68.1 Å². The number of aromatic hydroxyl groups is 1. The van der Waals surface area contributed by atoms with Crippen LogP contribution in [0.3, 0.4) is 0 Å². The molecule has 0 spiro atoms. The van der Waals surface area contributed by atoms with E-state index in [-0.39, 0.29) is 23.1 Å². The number of nitrogens with zero attached hydrogens (tertiary/aromatic N) is 2. The molecule has 166 valence electrons. The number of carbonyl (C=O) groups is 2. The first kappa shape index (κ1) is 23.7. The summed E-state index contributed by atoms with van der Waals surface area (Å²) in [7, 11) is 3.47. The fraction of sp³-hybridized carbons (Fsp3) is 0.348. The van der Waals surface area contributed by atoms with E-state index in [1.54, 1.807) is 37.2 Å². The molecule has 0 aromatic heterocycles. The van der Waals surface area contributed by atoms with Crippen LogP contribution in [0.25, 0.3) is 0 Å². The van der Waals surface area contributed by atoms with Gasteiger partial charge < -0.3 is 26.0 Å². The van der Waals surface area contributed by atoms with Crippen LogP contribution in [0.4, 0.5) is 0 Å². The van der Waals surface area contributed by atoms with Crippen molar-refractivity contribution >= 4 is 17.8 Å². The summed E-state index contributed by atoms with van der Waals surface area (Å²) < 4.78 is 0. The molecule has 0 aliphatic rings. The number of phenols is 1. The van der Waals surface area contributed by atoms with E-state index in [9.17, 15) is 14.7 Å². The first-order valence-electron chi connectivity index (χ1n) is 10.3. The minimum Gasteiger partial charge on any atom is -0.507 e. The molecule has 0 saturated carbocycles. The van der Waals surface area contributed by atoms with E-state index in [1.165, 1.54) is 6.07 Å². The smallest absolute Gasteiger partial charge is 0.255 e. The second-order valence-corrected chi connectivity index (χ2v) is 7.11. The maximum absolute atomic E-state index is 12.1. The van der Waals surface area contributed by atoms with Crippen LogP contribution in [0.5, 0.6) is 5.75 Å². The van der Waals surface area contributed by atoms with Crippen molar-refractivity contribution in [2.75, 3.05) is 40.3 Å². The lowest BCUT2D eigenvalue weighted by Crippen LogP contribution is -2.41. The molecule has 0 unspecified atom stereocenters. The van der Waals surface area contributed by atoms with E-state index in [4.69, 9.17) is 0 Å². The van der Waals surface area contributed by atoms with Gasteiger partial charge in [0, 0.05) is 45.8 Å². The Morgan fingerprint density at radius 2 is 1.74 bits per heavy atom. The summed E-state index contributed by atoms with van der Waals surface area (Å²) >= 11 is 0. The molecule has 0 saturated heterocycles. The highest BCUT2D eigenvalue weighted by molar-refractivity contribution is 5.96. The minimum atomic E-state index is -0.325. The third kappa shape index (κ3) is 7.65. The molecule has 0 atom stereocenters. The van der Waals surface area contributed by atoms with E-state index >= 15 is 0 Å². The Bertz CT molecular complexity index is 912. The van der Waals surface area contributed by atoms with Crippen molar-refractivity contribution in [3.63, 3.8) is 0 Å². The van der Waals surface area contributed by atoms with Crippen LogP contribution in [-0.2, 0) is 6.42 Å². The Kier molecular flexibility index (Phi) is 9.35. The van der Waals surface area contributed by atoms with Gasteiger partial charge in [-0.05, 0) is 43.2 Å². The van der Waals surface area contributed by atoms with Crippen LogP contribution in [0.15, 0.2) is 53.5 Å². The van der Waals surface area contributed by atoms with Crippen molar-refractivity contribution in [1.82, 2.24) is 20.9 Å². The summed E-state index contributed by atoms with van der Waals surface area (Å²) in [6.07, 6.45) is 0.704. The van der Waals surface area contributed by atoms with Crippen LogP contribution >= 0.6 is 0 Å². The number of amides is 2. The predicted molar refractivity (Wildman–Crippen MR) is 123 cm³/mol. The Labute approximate surface area is 183 Å². The largest absolute Gasteiger partial charge is 0.507 e. The van der Waals surface area contributed by atoms with Crippen LogP contribution in [0, 0.1) is 0 Å². The Morgan fingerprint density at radius 1 is 1.00 bits per heavy atom. The molecular formula is C23H31N5O3. The summed E-state index contributed by atoms with van der Waals surface area (Å²) in [4.78, 5) is 30.3. The molecule has 2 aromatic rings. The second kappa shape index (κ2) is 12.2. The highest BCUT2D eigenvalue weighted by Crippen LogP contribution is 2.14. The fourth-order valence-corrected chi connectivity index (χ4v) is 2.87. The highest BCUT2D eigenvalue weighted by atomic mass is 16.3. The Hall–Kier alpha value is -3.55. The molecule has 4 N–H and O–H groups in total. The van der Waals surface area contributed by atoms with Crippen molar-refractivity contribution < 1.29 is 14.7 Å². The molecule has 0 radical (unpaired) electrons. The van der Waals surface area contributed by atoms with E-state index < -0.39 is 0 Å². The molecule has 0 fully saturated rings. The number of para-hydroxylation sites is 1. The van der Waals surface area contributed by atoms with Gasteiger partial charge in [-0.1, -0.05) is 24.3 Å². The summed E-state index contributed by atoms with van der Waals surface area (Å²) in [6, 6.07) is 14.0. The molecule has 0 heterocycles. The third-order valence-electron chi connectivity index (χ3n) is 4.45. The summed E-state index contributed by atoms with van der Waals surface area (Å²) in [5.74, 6) is 0.263. The first-order valence-corrected chi connectivity index (χ1v) is 10.3. The van der Waals surface area contributed by atoms with E-state index in [2.05, 4.69) is 20.9 Å². The molecule has 2 rings (SSSR count). The summed E-state index contributed by atoms with van der Waals surface area (Å²) in [6.45, 7) is 4.11. The lowest BCUT2D eigenvalue weighted by Gasteiger charge is -2.13. The molecular weight excluding hydrogens is 394 g/mol. The lowest BCUT2D eigenvalue weighted by molar-refractivity contribution is 0.0827. The van der Waals surface area contributed by atoms with Gasteiger partial charge in [0.1, 0.15) is 5.75 Å². The van der Waals surface area contributed by atoms with Crippen molar-refractivity contribution in [3.05, 3.63) is 65.2 Å². The van der Waals surface area contributed by atoms with Crippen molar-refractivity contribution in [1.29, 1.82) is 0 Å². The molecule has 0 aliphatic carbocycles. The normalized spacial score (nSPS) is 11.0. The van der Waals surface area contributed by atoms with Gasteiger partial charge >= 0.3 is 0 Å². The second-order valence-electron chi connectivity index (χ2n) is 7.11. The fourth-order valence-electron chi connectivity index (χ4n) is 2.87. The van der Waals surface area contributed by atoms with Crippen LogP contribution in [0.2, 0.25) is 0 Å². The van der Waals surface area contributed by atoms with Gasteiger partial charge in [0.05, 0.1) is 5.56 Å². The van der Waals surface area contributed by atoms with Crippen LogP contribution in [0.1, 0.15) is 33.2 Å². The number of rotatable bonds is 9. The Balaban J connectivity index is 1.82. The van der Waals surface area contributed by atoms with Gasteiger partial charge in [0.25, 0.3) is 11.8 Å². The summed E-state index contributed by atoms with van der Waals surface area (Å²) in [5, 5.41) is 18.8. The molecule has 0 aliphatic heterocycles. The number of benzene rings is 2. The quantitative estimate of drug-likeness (QED) is 0.278. The number of guanidine groups is 1.